The lowest BCUT2D eigenvalue weighted by molar-refractivity contribution is -0.129. The molecule has 3 rings (SSSR count). The van der Waals surface area contributed by atoms with E-state index >= 15 is 0 Å². The molecule has 1 aliphatic heterocycles. The molecule has 3 N–H and O–H groups in total. The SMILES string of the molecule is C[C@H]1[C@H](NC(=O)O)CCN1C(=O)CNc1ncnc2cc(Cl)c(Cl)cc12. The van der Waals surface area contributed by atoms with E-state index in [4.69, 9.17) is 28.3 Å². The molecule has 2 aromatic rings. The molecule has 0 radical (unpaired) electrons. The number of hydrogen-bond donors (Lipinski definition) is 3. The van der Waals surface area contributed by atoms with Crippen molar-refractivity contribution in [1.82, 2.24) is 20.2 Å². The van der Waals surface area contributed by atoms with Crippen LogP contribution < -0.4 is 10.6 Å². The van der Waals surface area contributed by atoms with E-state index in [1.807, 2.05) is 6.92 Å². The summed E-state index contributed by atoms with van der Waals surface area (Å²) in [5, 5.41) is 15.7. The molecule has 1 aliphatic rings. The number of halogens is 2. The van der Waals surface area contributed by atoms with Crippen molar-refractivity contribution >= 4 is 51.9 Å². The fourth-order valence-electron chi connectivity index (χ4n) is 3.10. The zero-order valence-electron chi connectivity index (χ0n) is 13.9. The van der Waals surface area contributed by atoms with E-state index in [1.54, 1.807) is 17.0 Å². The first kappa shape index (κ1) is 18.5. The average Bonchev–Trinajstić information content (AvgIpc) is 2.94. The Balaban J connectivity index is 1.70. The predicted molar refractivity (Wildman–Crippen MR) is 98.8 cm³/mol. The fraction of sp³-hybridized carbons (Fsp3) is 0.375. The van der Waals surface area contributed by atoms with Crippen LogP contribution in [0.1, 0.15) is 13.3 Å². The number of hydrogen-bond acceptors (Lipinski definition) is 5. The Morgan fingerprint density at radius 3 is 2.77 bits per heavy atom. The van der Waals surface area contributed by atoms with E-state index in [0.717, 1.165) is 0 Å². The van der Waals surface area contributed by atoms with Crippen LogP contribution in [-0.4, -0.2) is 57.1 Å². The van der Waals surface area contributed by atoms with Crippen LogP contribution in [0.4, 0.5) is 10.6 Å². The van der Waals surface area contributed by atoms with Crippen LogP contribution >= 0.6 is 23.2 Å². The Morgan fingerprint density at radius 1 is 1.31 bits per heavy atom. The van der Waals surface area contributed by atoms with Crippen molar-refractivity contribution in [3.05, 3.63) is 28.5 Å². The minimum atomic E-state index is -1.09. The van der Waals surface area contributed by atoms with Gasteiger partial charge in [-0.25, -0.2) is 14.8 Å². The number of nitrogens with zero attached hydrogens (tertiary/aromatic N) is 3. The minimum absolute atomic E-state index is 0.0243. The molecule has 0 spiro atoms. The molecule has 2 amide bonds. The number of rotatable bonds is 4. The van der Waals surface area contributed by atoms with Crippen molar-refractivity contribution in [1.29, 1.82) is 0 Å². The molecule has 0 bridgehead atoms. The molecule has 26 heavy (non-hydrogen) atoms. The average molecular weight is 398 g/mol. The second-order valence-corrected chi connectivity index (χ2v) is 6.85. The van der Waals surface area contributed by atoms with Crippen LogP contribution in [0, 0.1) is 0 Å². The van der Waals surface area contributed by atoms with E-state index < -0.39 is 6.09 Å². The summed E-state index contributed by atoms with van der Waals surface area (Å²) in [6.45, 7) is 2.35. The van der Waals surface area contributed by atoms with Crippen molar-refractivity contribution in [2.24, 2.45) is 0 Å². The van der Waals surface area contributed by atoms with Gasteiger partial charge in [0.25, 0.3) is 0 Å². The second kappa shape index (κ2) is 7.51. The number of likely N-dealkylation sites (tertiary alicyclic amines) is 1. The maximum Gasteiger partial charge on any atom is 0.404 e. The van der Waals surface area contributed by atoms with E-state index in [2.05, 4.69) is 20.6 Å². The summed E-state index contributed by atoms with van der Waals surface area (Å²) in [4.78, 5) is 33.3. The highest BCUT2D eigenvalue weighted by atomic mass is 35.5. The van der Waals surface area contributed by atoms with Gasteiger partial charge in [-0.15, -0.1) is 0 Å². The van der Waals surface area contributed by atoms with Crippen LogP contribution in [0.15, 0.2) is 18.5 Å². The fourth-order valence-corrected chi connectivity index (χ4v) is 3.42. The summed E-state index contributed by atoms with van der Waals surface area (Å²) in [6.07, 6.45) is 0.881. The van der Waals surface area contributed by atoms with Crippen LogP contribution in [0.2, 0.25) is 10.0 Å². The maximum absolute atomic E-state index is 12.5. The number of fused-ring (bicyclic) bond motifs is 1. The Kier molecular flexibility index (Phi) is 5.33. The molecule has 1 aromatic carbocycles. The molecule has 2 heterocycles. The molecule has 2 atom stereocenters. The topological polar surface area (TPSA) is 107 Å². The first-order valence-electron chi connectivity index (χ1n) is 7.99. The van der Waals surface area contributed by atoms with Gasteiger partial charge in [0, 0.05) is 18.0 Å². The van der Waals surface area contributed by atoms with Crippen LogP contribution in [0.5, 0.6) is 0 Å². The highest BCUT2D eigenvalue weighted by Crippen LogP contribution is 2.29. The molecular weight excluding hydrogens is 381 g/mol. The van der Waals surface area contributed by atoms with Crippen LogP contribution in [-0.2, 0) is 4.79 Å². The van der Waals surface area contributed by atoms with Gasteiger partial charge in [-0.1, -0.05) is 23.2 Å². The number of benzene rings is 1. The van der Waals surface area contributed by atoms with Crippen molar-refractivity contribution in [2.75, 3.05) is 18.4 Å². The lowest BCUT2D eigenvalue weighted by Crippen LogP contribution is -2.46. The van der Waals surface area contributed by atoms with Gasteiger partial charge in [0.15, 0.2) is 0 Å². The van der Waals surface area contributed by atoms with E-state index in [9.17, 15) is 9.59 Å². The van der Waals surface area contributed by atoms with Gasteiger partial charge in [0.05, 0.1) is 28.1 Å². The number of carboxylic acid groups (broad SMARTS) is 1. The van der Waals surface area contributed by atoms with Gasteiger partial charge in [-0.2, -0.15) is 0 Å². The normalized spacial score (nSPS) is 19.6. The Morgan fingerprint density at radius 2 is 2.04 bits per heavy atom. The number of amides is 2. The first-order chi connectivity index (χ1) is 12.4. The molecule has 138 valence electrons. The Labute approximate surface area is 159 Å². The van der Waals surface area contributed by atoms with Gasteiger partial charge in [0.1, 0.15) is 12.1 Å². The van der Waals surface area contributed by atoms with Crippen molar-refractivity contribution in [3.8, 4) is 0 Å². The highest BCUT2D eigenvalue weighted by molar-refractivity contribution is 6.42. The minimum Gasteiger partial charge on any atom is -0.465 e. The molecular formula is C16H17Cl2N5O3. The van der Waals surface area contributed by atoms with Crippen molar-refractivity contribution in [2.45, 2.75) is 25.4 Å². The number of carbonyl (C=O) groups excluding carboxylic acids is 1. The molecule has 0 saturated carbocycles. The number of aromatic nitrogens is 2. The van der Waals surface area contributed by atoms with Crippen LogP contribution in [0.25, 0.3) is 10.9 Å². The van der Waals surface area contributed by atoms with Gasteiger partial charge in [0.2, 0.25) is 5.91 Å². The molecule has 8 nitrogen and oxygen atoms in total. The first-order valence-corrected chi connectivity index (χ1v) is 8.75. The summed E-state index contributed by atoms with van der Waals surface area (Å²) >= 11 is 12.1. The Hall–Kier alpha value is -2.32. The summed E-state index contributed by atoms with van der Waals surface area (Å²) < 4.78 is 0. The quantitative estimate of drug-likeness (QED) is 0.731. The molecule has 1 fully saturated rings. The second-order valence-electron chi connectivity index (χ2n) is 6.03. The third kappa shape index (κ3) is 3.76. The van der Waals surface area contributed by atoms with Crippen molar-refractivity contribution in [3.63, 3.8) is 0 Å². The molecule has 0 aliphatic carbocycles. The molecule has 1 saturated heterocycles. The van der Waals surface area contributed by atoms with Gasteiger partial charge >= 0.3 is 6.09 Å². The predicted octanol–water partition coefficient (Wildman–Crippen LogP) is 2.61. The molecule has 1 aromatic heterocycles. The summed E-state index contributed by atoms with van der Waals surface area (Å²) in [5.74, 6) is 0.341. The number of nitrogens with one attached hydrogen (secondary N) is 2. The van der Waals surface area contributed by atoms with Gasteiger partial charge in [-0.3, -0.25) is 4.79 Å². The summed E-state index contributed by atoms with van der Waals surface area (Å²) in [5.41, 5.74) is 0.615. The van der Waals surface area contributed by atoms with Crippen molar-refractivity contribution < 1.29 is 14.7 Å². The Bertz CT molecular complexity index is 863. The lowest BCUT2D eigenvalue weighted by Gasteiger charge is -2.25. The lowest BCUT2D eigenvalue weighted by atomic mass is 10.1. The van der Waals surface area contributed by atoms with Gasteiger partial charge in [-0.05, 0) is 25.5 Å². The van der Waals surface area contributed by atoms with E-state index in [-0.39, 0.29) is 24.5 Å². The number of carbonyl (C=O) groups is 2. The third-order valence-corrected chi connectivity index (χ3v) is 5.19. The maximum atomic E-state index is 12.5. The largest absolute Gasteiger partial charge is 0.465 e. The zero-order valence-corrected chi connectivity index (χ0v) is 15.4. The summed E-state index contributed by atoms with van der Waals surface area (Å²) in [6, 6.07) is 2.81. The number of anilines is 1. The van der Waals surface area contributed by atoms with Crippen LogP contribution in [0.3, 0.4) is 0 Å². The monoisotopic (exact) mass is 397 g/mol. The molecule has 10 heteroatoms. The molecule has 0 unspecified atom stereocenters. The van der Waals surface area contributed by atoms with Gasteiger partial charge < -0.3 is 20.6 Å². The standard InChI is InChI=1S/C16H17Cl2N5O3/c1-8-12(22-16(25)26)2-3-23(8)14(24)6-19-15-9-4-10(17)11(18)5-13(9)20-7-21-15/h4-5,7-8,12,22H,2-3,6H2,1H3,(H,25,26)(H,19,20,21)/t8-,12+/m0/s1. The zero-order chi connectivity index (χ0) is 18.8. The smallest absolute Gasteiger partial charge is 0.404 e. The summed E-state index contributed by atoms with van der Waals surface area (Å²) in [7, 11) is 0. The highest BCUT2D eigenvalue weighted by Gasteiger charge is 2.34. The van der Waals surface area contributed by atoms with E-state index in [1.165, 1.54) is 6.33 Å². The van der Waals surface area contributed by atoms with E-state index in [0.29, 0.717) is 39.7 Å². The third-order valence-electron chi connectivity index (χ3n) is 4.47.